The van der Waals surface area contributed by atoms with Crippen LogP contribution in [-0.4, -0.2) is 51.3 Å². The summed E-state index contributed by atoms with van der Waals surface area (Å²) in [5, 5.41) is 10.8. The molecule has 0 saturated heterocycles. The van der Waals surface area contributed by atoms with Gasteiger partial charge in [-0.1, -0.05) is 0 Å². The monoisotopic (exact) mass is 230 g/mol. The minimum absolute atomic E-state index is 0.215. The fraction of sp³-hybridized carbons (Fsp3) is 0.667. The van der Waals surface area contributed by atoms with Gasteiger partial charge >= 0.3 is 0 Å². The number of rotatable bonds is 10. The molecule has 0 heterocycles. The normalized spacial score (nSPS) is 11.2. The van der Waals surface area contributed by atoms with Crippen LogP contribution >= 0.6 is 0 Å². The van der Waals surface area contributed by atoms with E-state index in [0.717, 1.165) is 6.21 Å². The summed E-state index contributed by atoms with van der Waals surface area (Å²) in [6.45, 7) is 1.33. The van der Waals surface area contributed by atoms with Gasteiger partial charge in [0.05, 0.1) is 26.4 Å². The molecule has 0 unspecified atom stereocenters. The molecule has 16 heavy (non-hydrogen) atoms. The highest BCUT2D eigenvalue weighted by Gasteiger charge is 1.96. The number of ether oxygens (including phenoxy) is 2. The van der Waals surface area contributed by atoms with Crippen molar-refractivity contribution in [3.63, 3.8) is 0 Å². The van der Waals surface area contributed by atoms with Gasteiger partial charge in [0.1, 0.15) is 5.71 Å². The van der Waals surface area contributed by atoms with Gasteiger partial charge in [0.2, 0.25) is 5.91 Å². The first kappa shape index (κ1) is 14.5. The number of nitrogens with two attached hydrogens (primary N) is 1. The van der Waals surface area contributed by atoms with Crippen LogP contribution in [0.2, 0.25) is 0 Å². The molecule has 0 aliphatic heterocycles. The summed E-state index contributed by atoms with van der Waals surface area (Å²) in [5.41, 5.74) is 7.99. The highest BCUT2D eigenvalue weighted by Crippen LogP contribution is 1.83. The fourth-order valence-corrected chi connectivity index (χ4v) is 0.819. The Morgan fingerprint density at radius 3 is 2.69 bits per heavy atom. The number of amides is 1. The number of carbonyl (C=O) groups excluding carboxylic acids is 1. The molecule has 0 aromatic carbocycles. The third-order valence-corrected chi connectivity index (χ3v) is 1.54. The van der Waals surface area contributed by atoms with Gasteiger partial charge in [-0.25, -0.2) is 0 Å². The lowest BCUT2D eigenvalue weighted by atomic mass is 10.4. The summed E-state index contributed by atoms with van der Waals surface area (Å²) in [6.07, 6.45) is 1.33. The zero-order valence-corrected chi connectivity index (χ0v) is 9.36. The maximum absolute atomic E-state index is 10.4. The van der Waals surface area contributed by atoms with E-state index >= 15 is 0 Å². The summed E-state index contributed by atoms with van der Waals surface area (Å²) in [5.74, 6) is -0.381. The number of nitrogens with zero attached hydrogens (tertiary/aromatic N) is 1. The van der Waals surface area contributed by atoms with Crippen molar-refractivity contribution >= 4 is 17.8 Å². The average molecular weight is 230 g/mol. The summed E-state index contributed by atoms with van der Waals surface area (Å²) in [7, 11) is 1.65. The quantitative estimate of drug-likeness (QED) is 0.257. The second kappa shape index (κ2) is 10.1. The van der Waals surface area contributed by atoms with Gasteiger partial charge in [0.25, 0.3) is 0 Å². The van der Waals surface area contributed by atoms with E-state index < -0.39 is 0 Å². The predicted molar refractivity (Wildman–Crippen MR) is 60.7 cm³/mol. The maximum atomic E-state index is 10.4. The van der Waals surface area contributed by atoms with Crippen molar-refractivity contribution in [1.82, 2.24) is 5.43 Å². The SMILES string of the molecule is CNN=C(C=N)COCCOCCC(N)=O. The summed E-state index contributed by atoms with van der Waals surface area (Å²) in [4.78, 5) is 10.4. The van der Waals surface area contributed by atoms with Gasteiger partial charge in [0, 0.05) is 19.7 Å². The van der Waals surface area contributed by atoms with Gasteiger partial charge in [-0.3, -0.25) is 4.79 Å². The Balaban J connectivity index is 3.35. The van der Waals surface area contributed by atoms with Crippen molar-refractivity contribution in [3.8, 4) is 0 Å². The van der Waals surface area contributed by atoms with E-state index in [0.29, 0.717) is 25.5 Å². The number of nitrogens with one attached hydrogen (secondary N) is 2. The third-order valence-electron chi connectivity index (χ3n) is 1.54. The Labute approximate surface area is 94.5 Å². The molecule has 0 saturated carbocycles. The van der Waals surface area contributed by atoms with Crippen LogP contribution in [0, 0.1) is 5.41 Å². The Morgan fingerprint density at radius 2 is 2.12 bits per heavy atom. The first-order chi connectivity index (χ1) is 7.70. The molecule has 0 bridgehead atoms. The van der Waals surface area contributed by atoms with Crippen LogP contribution in [-0.2, 0) is 14.3 Å². The number of primary amides is 1. The number of hydrogen-bond acceptors (Lipinski definition) is 6. The Morgan fingerprint density at radius 1 is 1.44 bits per heavy atom. The minimum atomic E-state index is -0.381. The summed E-state index contributed by atoms with van der Waals surface area (Å²) < 4.78 is 10.3. The standard InChI is InChI=1S/C9H18N4O3/c1-12-13-8(6-10)7-16-5-4-15-3-2-9(11)14/h6,10,12H,2-5,7H2,1H3,(H2,11,14). The van der Waals surface area contributed by atoms with E-state index in [2.05, 4.69) is 10.5 Å². The Kier molecular flexibility index (Phi) is 9.14. The third kappa shape index (κ3) is 9.10. The molecular weight excluding hydrogens is 212 g/mol. The molecule has 7 heteroatoms. The summed E-state index contributed by atoms with van der Waals surface area (Å²) >= 11 is 0. The van der Waals surface area contributed by atoms with Crippen LogP contribution in [0.1, 0.15) is 6.42 Å². The van der Waals surface area contributed by atoms with Crippen molar-refractivity contribution in [2.75, 3.05) is 33.5 Å². The zero-order chi connectivity index (χ0) is 12.2. The van der Waals surface area contributed by atoms with Gasteiger partial charge < -0.3 is 26.0 Å². The lowest BCUT2D eigenvalue weighted by Crippen LogP contribution is -2.17. The van der Waals surface area contributed by atoms with Crippen LogP contribution in [0.25, 0.3) is 0 Å². The first-order valence-corrected chi connectivity index (χ1v) is 4.88. The predicted octanol–water partition coefficient (Wildman–Crippen LogP) is -0.880. The second-order valence-electron chi connectivity index (χ2n) is 2.85. The van der Waals surface area contributed by atoms with Crippen molar-refractivity contribution in [2.45, 2.75) is 6.42 Å². The molecule has 0 aliphatic rings. The van der Waals surface area contributed by atoms with E-state index in [4.69, 9.17) is 20.6 Å². The zero-order valence-electron chi connectivity index (χ0n) is 9.36. The number of carbonyl (C=O) groups is 1. The smallest absolute Gasteiger partial charge is 0.219 e. The summed E-state index contributed by atoms with van der Waals surface area (Å²) in [6, 6.07) is 0. The van der Waals surface area contributed by atoms with Crippen LogP contribution < -0.4 is 11.2 Å². The van der Waals surface area contributed by atoms with Crippen molar-refractivity contribution in [1.29, 1.82) is 5.41 Å². The molecule has 92 valence electrons. The minimum Gasteiger partial charge on any atom is -0.379 e. The molecule has 4 N–H and O–H groups in total. The number of hydrazone groups is 1. The van der Waals surface area contributed by atoms with Crippen LogP contribution in [0.3, 0.4) is 0 Å². The van der Waals surface area contributed by atoms with Gasteiger partial charge in [-0.15, -0.1) is 0 Å². The molecular formula is C9H18N4O3. The van der Waals surface area contributed by atoms with Crippen LogP contribution in [0.15, 0.2) is 5.10 Å². The molecule has 0 rings (SSSR count). The lowest BCUT2D eigenvalue weighted by molar-refractivity contribution is -0.119. The molecule has 1 amide bonds. The topological polar surface area (TPSA) is 110 Å². The van der Waals surface area contributed by atoms with Crippen molar-refractivity contribution in [3.05, 3.63) is 0 Å². The second-order valence-corrected chi connectivity index (χ2v) is 2.85. The van der Waals surface area contributed by atoms with Crippen LogP contribution in [0.4, 0.5) is 0 Å². The molecule has 0 aromatic heterocycles. The fourth-order valence-electron chi connectivity index (χ4n) is 0.819. The van der Waals surface area contributed by atoms with E-state index in [1.165, 1.54) is 0 Å². The Hall–Kier alpha value is -1.47. The number of hydrogen-bond donors (Lipinski definition) is 3. The highest BCUT2D eigenvalue weighted by molar-refractivity contribution is 6.30. The van der Waals surface area contributed by atoms with Crippen molar-refractivity contribution in [2.24, 2.45) is 10.8 Å². The molecule has 7 nitrogen and oxygen atoms in total. The highest BCUT2D eigenvalue weighted by atomic mass is 16.5. The van der Waals surface area contributed by atoms with Crippen LogP contribution in [0.5, 0.6) is 0 Å². The Bertz CT molecular complexity index is 243. The van der Waals surface area contributed by atoms with E-state index in [1.807, 2.05) is 0 Å². The lowest BCUT2D eigenvalue weighted by Gasteiger charge is -2.04. The maximum Gasteiger partial charge on any atom is 0.219 e. The molecule has 0 aliphatic carbocycles. The average Bonchev–Trinajstić information content (AvgIpc) is 2.26. The molecule has 0 atom stereocenters. The molecule has 0 aromatic rings. The largest absolute Gasteiger partial charge is 0.379 e. The molecule has 0 radical (unpaired) electrons. The van der Waals surface area contributed by atoms with Gasteiger partial charge in [-0.2, -0.15) is 5.10 Å². The van der Waals surface area contributed by atoms with Crippen molar-refractivity contribution < 1.29 is 14.3 Å². The first-order valence-electron chi connectivity index (χ1n) is 4.88. The van der Waals surface area contributed by atoms with Gasteiger partial charge in [-0.05, 0) is 0 Å². The van der Waals surface area contributed by atoms with E-state index in [9.17, 15) is 4.79 Å². The van der Waals surface area contributed by atoms with Gasteiger partial charge in [0.15, 0.2) is 0 Å². The van der Waals surface area contributed by atoms with E-state index in [-0.39, 0.29) is 18.9 Å². The molecule has 0 fully saturated rings. The molecule has 0 spiro atoms. The van der Waals surface area contributed by atoms with E-state index in [1.54, 1.807) is 7.05 Å².